The summed E-state index contributed by atoms with van der Waals surface area (Å²) >= 11 is 0. The quantitative estimate of drug-likeness (QED) is 0.454. The van der Waals surface area contributed by atoms with E-state index < -0.39 is 0 Å². The molecule has 29 heavy (non-hydrogen) atoms. The number of benzene rings is 2. The predicted molar refractivity (Wildman–Crippen MR) is 107 cm³/mol. The van der Waals surface area contributed by atoms with E-state index in [0.29, 0.717) is 12.3 Å². The summed E-state index contributed by atoms with van der Waals surface area (Å²) in [4.78, 5) is 9.35. The third-order valence-electron chi connectivity index (χ3n) is 5.23. The fourth-order valence-corrected chi connectivity index (χ4v) is 3.81. The number of hydrogen-bond donors (Lipinski definition) is 0. The van der Waals surface area contributed by atoms with Crippen LogP contribution in [0, 0.1) is 6.92 Å². The van der Waals surface area contributed by atoms with E-state index in [2.05, 4.69) is 45.0 Å². The molecule has 6 rings (SSSR count). The van der Waals surface area contributed by atoms with E-state index >= 15 is 0 Å². The van der Waals surface area contributed by atoms with Crippen LogP contribution in [0.1, 0.15) is 17.0 Å². The van der Waals surface area contributed by atoms with Crippen LogP contribution in [0.4, 0.5) is 0 Å². The largest absolute Gasteiger partial charge is 0.443 e. The van der Waals surface area contributed by atoms with E-state index in [1.807, 2.05) is 41.3 Å². The smallest absolute Gasteiger partial charge is 0.247 e. The van der Waals surface area contributed by atoms with Crippen LogP contribution >= 0.6 is 0 Å². The van der Waals surface area contributed by atoms with Crippen molar-refractivity contribution in [2.24, 2.45) is 0 Å². The fourth-order valence-electron chi connectivity index (χ4n) is 3.81. The molecule has 0 radical (unpaired) electrons. The zero-order chi connectivity index (χ0) is 19.4. The van der Waals surface area contributed by atoms with Crippen molar-refractivity contribution in [3.05, 3.63) is 84.3 Å². The van der Waals surface area contributed by atoms with E-state index in [1.165, 1.54) is 0 Å². The minimum Gasteiger partial charge on any atom is -0.443 e. The Morgan fingerprint density at radius 3 is 2.83 bits per heavy atom. The zero-order valence-electron chi connectivity index (χ0n) is 15.6. The number of fused-ring (bicyclic) bond motifs is 5. The molecule has 2 aromatic carbocycles. The number of oxazole rings is 1. The molecule has 0 saturated heterocycles. The van der Waals surface area contributed by atoms with Crippen LogP contribution in [-0.2, 0) is 6.42 Å². The van der Waals surface area contributed by atoms with Gasteiger partial charge in [-0.2, -0.15) is 0 Å². The second kappa shape index (κ2) is 6.00. The van der Waals surface area contributed by atoms with Crippen LogP contribution in [0.2, 0.25) is 0 Å². The number of aromatic nitrogens is 6. The Morgan fingerprint density at radius 2 is 1.93 bits per heavy atom. The molecule has 4 heterocycles. The lowest BCUT2D eigenvalue weighted by atomic mass is 10.2. The number of imidazole rings is 1. The number of aryl methyl sites for hydroxylation is 1. The Kier molecular flexibility index (Phi) is 3.31. The predicted octanol–water partition coefficient (Wildman–Crippen LogP) is 3.99. The van der Waals surface area contributed by atoms with Gasteiger partial charge in [0.15, 0.2) is 0 Å². The molecule has 7 heteroatoms. The van der Waals surface area contributed by atoms with Crippen LogP contribution in [0.3, 0.4) is 0 Å². The van der Waals surface area contributed by atoms with Crippen LogP contribution in [-0.4, -0.2) is 29.5 Å². The van der Waals surface area contributed by atoms with Crippen LogP contribution in [0.5, 0.6) is 0 Å². The Balaban J connectivity index is 1.53. The van der Waals surface area contributed by atoms with Gasteiger partial charge in [-0.3, -0.25) is 4.57 Å². The van der Waals surface area contributed by atoms with Crippen molar-refractivity contribution in [1.29, 1.82) is 0 Å². The SMILES string of the molecule is Cc1ccc2c(c1)-n1nncc1Cc1c(-c3nc(-c4ccccc4)co3)ncn1-2. The van der Waals surface area contributed by atoms with E-state index in [0.717, 1.165) is 45.3 Å². The van der Waals surface area contributed by atoms with Gasteiger partial charge in [-0.1, -0.05) is 41.6 Å². The minimum absolute atomic E-state index is 0.507. The number of rotatable bonds is 2. The molecule has 0 aliphatic carbocycles. The second-order valence-electron chi connectivity index (χ2n) is 7.12. The topological polar surface area (TPSA) is 74.6 Å². The van der Waals surface area contributed by atoms with E-state index in [4.69, 9.17) is 9.40 Å². The van der Waals surface area contributed by atoms with Gasteiger partial charge in [-0.05, 0) is 24.6 Å². The summed E-state index contributed by atoms with van der Waals surface area (Å²) in [6, 6.07) is 16.3. The lowest BCUT2D eigenvalue weighted by molar-refractivity contribution is 0.572. The van der Waals surface area contributed by atoms with Gasteiger partial charge in [0.2, 0.25) is 5.89 Å². The summed E-state index contributed by atoms with van der Waals surface area (Å²) in [5.41, 5.74) is 7.67. The first kappa shape index (κ1) is 16.0. The molecule has 1 aliphatic rings. The molecule has 0 saturated carbocycles. The first-order valence-electron chi connectivity index (χ1n) is 9.36. The minimum atomic E-state index is 0.507. The first-order valence-corrected chi connectivity index (χ1v) is 9.36. The molecule has 5 aromatic rings. The normalized spacial score (nSPS) is 12.2. The zero-order valence-corrected chi connectivity index (χ0v) is 15.6. The molecular formula is C22H16N6O. The van der Waals surface area contributed by atoms with E-state index in [-0.39, 0.29) is 0 Å². The highest BCUT2D eigenvalue weighted by atomic mass is 16.3. The van der Waals surface area contributed by atoms with Gasteiger partial charge in [0.1, 0.15) is 24.0 Å². The Labute approximate surface area is 166 Å². The molecule has 0 atom stereocenters. The number of hydrogen-bond acceptors (Lipinski definition) is 5. The Hall–Kier alpha value is -4.00. The van der Waals surface area contributed by atoms with Gasteiger partial charge in [0, 0.05) is 12.0 Å². The van der Waals surface area contributed by atoms with Crippen molar-refractivity contribution in [2.75, 3.05) is 0 Å². The van der Waals surface area contributed by atoms with Crippen LogP contribution < -0.4 is 0 Å². The molecule has 0 amide bonds. The van der Waals surface area contributed by atoms with Crippen molar-refractivity contribution < 1.29 is 4.42 Å². The molecular weight excluding hydrogens is 364 g/mol. The number of nitrogens with zero attached hydrogens (tertiary/aromatic N) is 6. The van der Waals surface area contributed by atoms with E-state index in [1.54, 1.807) is 12.5 Å². The molecule has 140 valence electrons. The maximum atomic E-state index is 5.82. The Morgan fingerprint density at radius 1 is 1.03 bits per heavy atom. The summed E-state index contributed by atoms with van der Waals surface area (Å²) in [5, 5.41) is 8.42. The molecule has 0 N–H and O–H groups in total. The van der Waals surface area contributed by atoms with Gasteiger partial charge >= 0.3 is 0 Å². The monoisotopic (exact) mass is 380 g/mol. The van der Waals surface area contributed by atoms with E-state index in [9.17, 15) is 0 Å². The van der Waals surface area contributed by atoms with Crippen molar-refractivity contribution >= 4 is 0 Å². The van der Waals surface area contributed by atoms with Gasteiger partial charge in [0.25, 0.3) is 0 Å². The second-order valence-corrected chi connectivity index (χ2v) is 7.12. The van der Waals surface area contributed by atoms with Crippen molar-refractivity contribution in [1.82, 2.24) is 29.5 Å². The first-order chi connectivity index (χ1) is 14.3. The van der Waals surface area contributed by atoms with Crippen molar-refractivity contribution in [3.63, 3.8) is 0 Å². The third-order valence-corrected chi connectivity index (χ3v) is 5.23. The highest BCUT2D eigenvalue weighted by Crippen LogP contribution is 2.33. The fraction of sp³-hybridized carbons (Fsp3) is 0.0909. The third kappa shape index (κ3) is 2.44. The maximum absolute atomic E-state index is 5.82. The van der Waals surface area contributed by atoms with Gasteiger partial charge < -0.3 is 4.42 Å². The standard InChI is InChI=1S/C22H16N6O/c1-14-7-8-18-19(9-14)28-16(11-24-26-28)10-20-21(23-13-27(18)20)22-25-17(12-29-22)15-5-3-2-4-6-15/h2-9,11-13H,10H2,1H3. The molecule has 0 unspecified atom stereocenters. The maximum Gasteiger partial charge on any atom is 0.247 e. The lowest BCUT2D eigenvalue weighted by Gasteiger charge is -2.10. The average molecular weight is 380 g/mol. The molecule has 7 nitrogen and oxygen atoms in total. The van der Waals surface area contributed by atoms with Crippen LogP contribution in [0.15, 0.2) is 71.7 Å². The van der Waals surface area contributed by atoms with Gasteiger partial charge in [0.05, 0.1) is 29.0 Å². The Bertz CT molecular complexity index is 1340. The molecule has 0 fully saturated rings. The molecule has 3 aromatic heterocycles. The summed E-state index contributed by atoms with van der Waals surface area (Å²) in [6.07, 6.45) is 5.92. The summed E-state index contributed by atoms with van der Waals surface area (Å²) in [6.45, 7) is 2.07. The van der Waals surface area contributed by atoms with Crippen LogP contribution in [0.25, 0.3) is 34.2 Å². The van der Waals surface area contributed by atoms with Crippen molar-refractivity contribution in [3.8, 4) is 34.2 Å². The summed E-state index contributed by atoms with van der Waals surface area (Å²) < 4.78 is 9.80. The highest BCUT2D eigenvalue weighted by molar-refractivity contribution is 5.65. The summed E-state index contributed by atoms with van der Waals surface area (Å²) in [7, 11) is 0. The van der Waals surface area contributed by atoms with Gasteiger partial charge in [-0.25, -0.2) is 14.6 Å². The highest BCUT2D eigenvalue weighted by Gasteiger charge is 2.25. The van der Waals surface area contributed by atoms with Gasteiger partial charge in [-0.15, -0.1) is 5.10 Å². The lowest BCUT2D eigenvalue weighted by Crippen LogP contribution is -2.03. The van der Waals surface area contributed by atoms with Crippen molar-refractivity contribution in [2.45, 2.75) is 13.3 Å². The summed E-state index contributed by atoms with van der Waals surface area (Å²) in [5.74, 6) is 0.507. The molecule has 1 aliphatic heterocycles. The average Bonchev–Trinajstić information content (AvgIpc) is 3.48. The molecule has 0 bridgehead atoms. The molecule has 0 spiro atoms.